The van der Waals surface area contributed by atoms with Crippen LogP contribution in [0.2, 0.25) is 0 Å². The first kappa shape index (κ1) is 40.9. The summed E-state index contributed by atoms with van der Waals surface area (Å²) in [4.78, 5) is 0. The lowest BCUT2D eigenvalue weighted by Crippen LogP contribution is -2.65. The fraction of sp³-hybridized carbons (Fsp3) is 1.00. The third-order valence-corrected chi connectivity index (χ3v) is 11.5. The highest BCUT2D eigenvalue weighted by molar-refractivity contribution is 5.01. The van der Waals surface area contributed by atoms with Crippen LogP contribution in [0.1, 0.15) is 38.5 Å². The van der Waals surface area contributed by atoms with Gasteiger partial charge in [-0.3, -0.25) is 0 Å². The Morgan fingerprint density at radius 3 is 1.81 bits per heavy atom. The maximum absolute atomic E-state index is 11.2. The van der Waals surface area contributed by atoms with E-state index in [2.05, 4.69) is 0 Å². The van der Waals surface area contributed by atoms with Crippen LogP contribution in [-0.4, -0.2) is 215 Å². The highest BCUT2D eigenvalue weighted by atomic mass is 16.8. The average Bonchev–Trinajstić information content (AvgIpc) is 3.12. The Balaban J connectivity index is 1.27. The predicted molar refractivity (Wildman–Crippen MR) is 165 cm³/mol. The summed E-state index contributed by atoms with van der Waals surface area (Å²) in [6, 6.07) is 0. The van der Waals surface area contributed by atoms with E-state index in [0.29, 0.717) is 6.42 Å². The molecule has 0 radical (unpaired) electrons. The molecule has 13 N–H and O–H groups in total. The number of aliphatic hydroxyl groups excluding tert-OH is 13. The molecule has 23 atom stereocenters. The third kappa shape index (κ3) is 8.32. The molecule has 4 saturated heterocycles. The summed E-state index contributed by atoms with van der Waals surface area (Å²) in [5.74, 6) is -0.996. The normalized spacial score (nSPS) is 54.8. The summed E-state index contributed by atoms with van der Waals surface area (Å²) in [6.45, 7) is -1.86. The fourth-order valence-corrected chi connectivity index (χ4v) is 8.43. The molecule has 23 unspecified atom stereocenters. The van der Waals surface area contributed by atoms with E-state index in [1.54, 1.807) is 0 Å². The zero-order chi connectivity index (χ0) is 37.6. The van der Waals surface area contributed by atoms with Crippen LogP contribution in [0.4, 0.5) is 0 Å². The van der Waals surface area contributed by atoms with Crippen molar-refractivity contribution in [1.82, 2.24) is 0 Å². The second kappa shape index (κ2) is 17.1. The van der Waals surface area contributed by atoms with E-state index in [1.807, 2.05) is 0 Å². The van der Waals surface area contributed by atoms with Gasteiger partial charge in [0.1, 0.15) is 67.1 Å². The second-order valence-electron chi connectivity index (χ2n) is 15.0. The molecular formula is C32H54O20. The van der Waals surface area contributed by atoms with Gasteiger partial charge in [-0.05, 0) is 38.0 Å². The number of fused-ring (bicyclic) bond motifs is 1. The third-order valence-electron chi connectivity index (χ3n) is 11.5. The maximum atomic E-state index is 11.2. The van der Waals surface area contributed by atoms with Gasteiger partial charge in [0.25, 0.3) is 0 Å². The highest BCUT2D eigenvalue weighted by Crippen LogP contribution is 2.45. The lowest BCUT2D eigenvalue weighted by atomic mass is 9.72. The lowest BCUT2D eigenvalue weighted by molar-refractivity contribution is -0.373. The van der Waals surface area contributed by atoms with Gasteiger partial charge in [-0.25, -0.2) is 0 Å². The molecule has 0 spiro atoms. The maximum Gasteiger partial charge on any atom is 0.187 e. The van der Waals surface area contributed by atoms with E-state index in [-0.39, 0.29) is 32.1 Å². The molecule has 0 aromatic carbocycles. The van der Waals surface area contributed by atoms with Crippen molar-refractivity contribution in [3.63, 3.8) is 0 Å². The predicted octanol–water partition coefficient (Wildman–Crippen LogP) is -6.73. The van der Waals surface area contributed by atoms with E-state index in [4.69, 9.17) is 33.2 Å². The molecule has 0 aromatic heterocycles. The zero-order valence-corrected chi connectivity index (χ0v) is 28.3. The minimum Gasteiger partial charge on any atom is -0.394 e. The topological polar surface area (TPSA) is 328 Å². The standard InChI is InChI=1S/C32H54O20/c33-7-19-22(40)24(42)27(45)31(50-19)48-17-5-11(35)4-16-12(17)6-18(28(47-16)10-1-2-13(36)14(37)3-10)49-32-29(25(43)23(41)20(8-34)51-32)52-30-26(44)21(39)15(38)9-46-30/h10-45H,1-9H2. The van der Waals surface area contributed by atoms with Crippen molar-refractivity contribution in [2.45, 2.75) is 167 Å². The first-order chi connectivity index (χ1) is 24.7. The summed E-state index contributed by atoms with van der Waals surface area (Å²) >= 11 is 0. The Morgan fingerprint density at radius 1 is 0.500 bits per heavy atom. The van der Waals surface area contributed by atoms with Crippen molar-refractivity contribution in [3.05, 3.63) is 0 Å². The molecular weight excluding hydrogens is 704 g/mol. The molecule has 302 valence electrons. The van der Waals surface area contributed by atoms with Crippen molar-refractivity contribution >= 4 is 0 Å². The summed E-state index contributed by atoms with van der Waals surface area (Å²) in [5.41, 5.74) is 0. The van der Waals surface area contributed by atoms with Crippen molar-refractivity contribution < 1.29 is 99.5 Å². The van der Waals surface area contributed by atoms with Gasteiger partial charge in [-0.15, -0.1) is 0 Å². The minimum atomic E-state index is -1.79. The van der Waals surface area contributed by atoms with Crippen molar-refractivity contribution in [2.75, 3.05) is 19.8 Å². The summed E-state index contributed by atoms with van der Waals surface area (Å²) in [7, 11) is 0. The first-order valence-corrected chi connectivity index (χ1v) is 18.0. The Hall–Kier alpha value is -0.800. The molecule has 20 nitrogen and oxygen atoms in total. The largest absolute Gasteiger partial charge is 0.394 e. The molecule has 6 fully saturated rings. The van der Waals surface area contributed by atoms with E-state index in [9.17, 15) is 66.4 Å². The Morgan fingerprint density at radius 2 is 1.13 bits per heavy atom. The van der Waals surface area contributed by atoms with Gasteiger partial charge in [0.2, 0.25) is 0 Å². The second-order valence-corrected chi connectivity index (χ2v) is 15.0. The van der Waals surface area contributed by atoms with E-state index in [1.165, 1.54) is 0 Å². The summed E-state index contributed by atoms with van der Waals surface area (Å²) in [5, 5.41) is 135. The van der Waals surface area contributed by atoms with Crippen molar-refractivity contribution in [3.8, 4) is 0 Å². The Bertz CT molecular complexity index is 1140. The van der Waals surface area contributed by atoms with Crippen LogP contribution in [0.3, 0.4) is 0 Å². The smallest absolute Gasteiger partial charge is 0.187 e. The molecule has 0 bridgehead atoms. The van der Waals surface area contributed by atoms with Crippen LogP contribution in [0, 0.1) is 11.8 Å². The average molecular weight is 759 g/mol. The van der Waals surface area contributed by atoms with Crippen LogP contribution in [0.25, 0.3) is 0 Å². The minimum absolute atomic E-state index is 0.0273. The van der Waals surface area contributed by atoms with E-state index < -0.39 is 160 Å². The number of ether oxygens (including phenoxy) is 7. The van der Waals surface area contributed by atoms with Gasteiger partial charge in [-0.2, -0.15) is 0 Å². The number of rotatable bonds is 9. The highest BCUT2D eigenvalue weighted by Gasteiger charge is 2.55. The number of hydrogen-bond donors (Lipinski definition) is 13. The molecule has 52 heavy (non-hydrogen) atoms. The van der Waals surface area contributed by atoms with Crippen LogP contribution < -0.4 is 0 Å². The van der Waals surface area contributed by atoms with Gasteiger partial charge in [0.05, 0.1) is 62.5 Å². The molecule has 0 aromatic rings. The van der Waals surface area contributed by atoms with Crippen LogP contribution in [0.5, 0.6) is 0 Å². The van der Waals surface area contributed by atoms with Gasteiger partial charge < -0.3 is 99.5 Å². The van der Waals surface area contributed by atoms with Crippen LogP contribution >= 0.6 is 0 Å². The van der Waals surface area contributed by atoms with Crippen LogP contribution in [0.15, 0.2) is 0 Å². The SMILES string of the molecule is OCC1OC(OC2CC(O)CC3OC(C4CCC(O)C(O)C4)C(OC4OC(CO)C(O)C(O)C4OC4OCC(O)C(O)C4O)CC23)C(O)C(O)C1O. The molecule has 4 heterocycles. The Labute approximate surface area is 298 Å². The lowest BCUT2D eigenvalue weighted by Gasteiger charge is -2.53. The van der Waals surface area contributed by atoms with Crippen molar-refractivity contribution in [1.29, 1.82) is 0 Å². The first-order valence-electron chi connectivity index (χ1n) is 18.0. The van der Waals surface area contributed by atoms with Gasteiger partial charge in [0.15, 0.2) is 18.9 Å². The van der Waals surface area contributed by atoms with Crippen molar-refractivity contribution in [2.24, 2.45) is 11.8 Å². The molecule has 20 heteroatoms. The van der Waals surface area contributed by atoms with E-state index >= 15 is 0 Å². The molecule has 2 saturated carbocycles. The monoisotopic (exact) mass is 758 g/mol. The quantitative estimate of drug-likeness (QED) is 0.104. The zero-order valence-electron chi connectivity index (χ0n) is 28.3. The summed E-state index contributed by atoms with van der Waals surface area (Å²) < 4.78 is 41.9. The van der Waals surface area contributed by atoms with Gasteiger partial charge in [-0.1, -0.05) is 0 Å². The molecule has 2 aliphatic carbocycles. The van der Waals surface area contributed by atoms with Gasteiger partial charge in [0, 0.05) is 12.3 Å². The summed E-state index contributed by atoms with van der Waals surface area (Å²) in [6.07, 6.45) is -27.7. The van der Waals surface area contributed by atoms with Gasteiger partial charge >= 0.3 is 0 Å². The van der Waals surface area contributed by atoms with E-state index in [0.717, 1.165) is 0 Å². The Kier molecular flexibility index (Phi) is 13.5. The number of aliphatic hydroxyl groups is 13. The molecule has 6 rings (SSSR count). The molecule has 0 amide bonds. The molecule has 4 aliphatic heterocycles. The fourth-order valence-electron chi connectivity index (χ4n) is 8.43. The molecule has 6 aliphatic rings. The van der Waals surface area contributed by atoms with Crippen LogP contribution in [-0.2, 0) is 33.2 Å². The number of hydrogen-bond acceptors (Lipinski definition) is 20.